The highest BCUT2D eigenvalue weighted by Crippen LogP contribution is 2.29. The zero-order chi connectivity index (χ0) is 15.8. The van der Waals surface area contributed by atoms with Crippen LogP contribution in [0.2, 0.25) is 10.0 Å². The van der Waals surface area contributed by atoms with E-state index in [0.29, 0.717) is 5.02 Å². The van der Waals surface area contributed by atoms with Gasteiger partial charge < -0.3 is 0 Å². The Morgan fingerprint density at radius 2 is 2.00 bits per heavy atom. The van der Waals surface area contributed by atoms with Crippen LogP contribution in [0.1, 0.15) is 15.9 Å². The largest absolute Gasteiger partial charge is 0.276 e. The van der Waals surface area contributed by atoms with Crippen molar-refractivity contribution in [1.82, 2.24) is 9.78 Å². The number of hydrogen-bond acceptors (Lipinski definition) is 4. The van der Waals surface area contributed by atoms with E-state index in [2.05, 4.69) is 5.10 Å². The summed E-state index contributed by atoms with van der Waals surface area (Å²) in [5, 5.41) is 3.59. The molecular formula is C12H9Cl3N2O3S. The van der Waals surface area contributed by atoms with Gasteiger partial charge in [-0.15, -0.1) is 0 Å². The summed E-state index contributed by atoms with van der Waals surface area (Å²) in [6.45, 7) is 0.0476. The predicted molar refractivity (Wildman–Crippen MR) is 81.1 cm³/mol. The van der Waals surface area contributed by atoms with Gasteiger partial charge in [0, 0.05) is 18.0 Å². The van der Waals surface area contributed by atoms with Crippen LogP contribution in [-0.4, -0.2) is 29.7 Å². The van der Waals surface area contributed by atoms with Gasteiger partial charge in [0.1, 0.15) is 0 Å². The van der Waals surface area contributed by atoms with Crippen LogP contribution in [0.25, 0.3) is 0 Å². The molecule has 9 heteroatoms. The molecule has 0 radical (unpaired) electrons. The molecule has 5 nitrogen and oxygen atoms in total. The fourth-order valence-corrected chi connectivity index (χ4v) is 3.49. The van der Waals surface area contributed by atoms with E-state index in [9.17, 15) is 13.2 Å². The standard InChI is InChI=1S/C12H9Cl3N2O3S/c1-21(19,20)10-3-2-8(12(15)18)11(14)9(10)6-17-5-7(13)4-16-17/h2-5H,6H2,1H3. The molecule has 112 valence electrons. The molecule has 0 N–H and O–H groups in total. The van der Waals surface area contributed by atoms with Gasteiger partial charge in [0.2, 0.25) is 0 Å². The molecule has 1 heterocycles. The Morgan fingerprint density at radius 3 is 2.48 bits per heavy atom. The minimum Gasteiger partial charge on any atom is -0.276 e. The van der Waals surface area contributed by atoms with Crippen LogP contribution >= 0.6 is 34.8 Å². The lowest BCUT2D eigenvalue weighted by atomic mass is 10.1. The maximum Gasteiger partial charge on any atom is 0.253 e. The third-order valence-corrected chi connectivity index (χ3v) is 4.75. The van der Waals surface area contributed by atoms with Crippen molar-refractivity contribution in [3.8, 4) is 0 Å². The lowest BCUT2D eigenvalue weighted by Crippen LogP contribution is -2.10. The van der Waals surface area contributed by atoms with Crippen LogP contribution in [-0.2, 0) is 16.4 Å². The number of nitrogens with zero attached hydrogens (tertiary/aromatic N) is 2. The van der Waals surface area contributed by atoms with Gasteiger partial charge in [0.05, 0.1) is 33.2 Å². The highest BCUT2D eigenvalue weighted by Gasteiger charge is 2.21. The van der Waals surface area contributed by atoms with E-state index in [4.69, 9.17) is 34.8 Å². The van der Waals surface area contributed by atoms with E-state index in [-0.39, 0.29) is 27.6 Å². The van der Waals surface area contributed by atoms with E-state index in [0.717, 1.165) is 6.26 Å². The molecule has 2 aromatic rings. The predicted octanol–water partition coefficient (Wildman–Crippen LogP) is 3.02. The van der Waals surface area contributed by atoms with Crippen molar-refractivity contribution in [3.63, 3.8) is 0 Å². The van der Waals surface area contributed by atoms with Crippen LogP contribution in [0, 0.1) is 0 Å². The maximum atomic E-state index is 11.9. The molecule has 0 unspecified atom stereocenters. The first-order chi connectivity index (χ1) is 9.70. The summed E-state index contributed by atoms with van der Waals surface area (Å²) >= 11 is 17.3. The zero-order valence-electron chi connectivity index (χ0n) is 10.7. The van der Waals surface area contributed by atoms with E-state index in [1.54, 1.807) is 0 Å². The SMILES string of the molecule is CS(=O)(=O)c1ccc(C(=O)Cl)c(Cl)c1Cn1cc(Cl)cn1. The number of benzene rings is 1. The Morgan fingerprint density at radius 1 is 1.33 bits per heavy atom. The Bertz CT molecular complexity index is 815. The summed E-state index contributed by atoms with van der Waals surface area (Å²) in [5.74, 6) is 0. The Labute approximate surface area is 136 Å². The molecule has 0 aliphatic rings. The first kappa shape index (κ1) is 16.3. The van der Waals surface area contributed by atoms with Crippen molar-refractivity contribution in [2.24, 2.45) is 0 Å². The van der Waals surface area contributed by atoms with Gasteiger partial charge >= 0.3 is 0 Å². The molecule has 2 rings (SSSR count). The third-order valence-electron chi connectivity index (χ3n) is 2.73. The van der Waals surface area contributed by atoms with Crippen LogP contribution < -0.4 is 0 Å². The first-order valence-corrected chi connectivity index (χ1v) is 8.62. The summed E-state index contributed by atoms with van der Waals surface area (Å²) in [6, 6.07) is 2.59. The van der Waals surface area contributed by atoms with Gasteiger partial charge in [-0.3, -0.25) is 9.48 Å². The highest BCUT2D eigenvalue weighted by molar-refractivity contribution is 7.90. The minimum atomic E-state index is -3.52. The van der Waals surface area contributed by atoms with Crippen LogP contribution in [0.5, 0.6) is 0 Å². The number of halogens is 3. The second-order valence-electron chi connectivity index (χ2n) is 4.31. The molecule has 0 aliphatic heterocycles. The molecule has 0 atom stereocenters. The van der Waals surface area contributed by atoms with E-state index in [1.807, 2.05) is 0 Å². The molecule has 1 aromatic carbocycles. The van der Waals surface area contributed by atoms with Gasteiger partial charge in [-0.2, -0.15) is 5.10 Å². The maximum absolute atomic E-state index is 11.9. The average Bonchev–Trinajstić information content (AvgIpc) is 2.75. The molecule has 0 fully saturated rings. The van der Waals surface area contributed by atoms with Crippen LogP contribution in [0.3, 0.4) is 0 Å². The number of aromatic nitrogens is 2. The fraction of sp³-hybridized carbons (Fsp3) is 0.167. The quantitative estimate of drug-likeness (QED) is 0.779. The monoisotopic (exact) mass is 366 g/mol. The number of sulfone groups is 1. The van der Waals surface area contributed by atoms with Gasteiger partial charge in [-0.25, -0.2) is 8.42 Å². The normalized spacial score (nSPS) is 11.6. The molecule has 0 amide bonds. The fourth-order valence-electron chi connectivity index (χ4n) is 1.84. The number of carbonyl (C=O) groups is 1. The van der Waals surface area contributed by atoms with Crippen LogP contribution in [0.4, 0.5) is 0 Å². The first-order valence-electron chi connectivity index (χ1n) is 5.59. The van der Waals surface area contributed by atoms with Gasteiger partial charge in [-0.1, -0.05) is 23.2 Å². The minimum absolute atomic E-state index is 0.00968. The molecule has 0 spiro atoms. The van der Waals surface area contributed by atoms with Crippen molar-refractivity contribution in [1.29, 1.82) is 0 Å². The lowest BCUT2D eigenvalue weighted by Gasteiger charge is -2.12. The number of rotatable bonds is 4. The summed E-state index contributed by atoms with van der Waals surface area (Å²) in [4.78, 5) is 11.3. The average molecular weight is 368 g/mol. The topological polar surface area (TPSA) is 69.0 Å². The molecule has 1 aromatic heterocycles. The molecule has 0 saturated carbocycles. The van der Waals surface area contributed by atoms with Gasteiger partial charge in [0.15, 0.2) is 9.84 Å². The van der Waals surface area contributed by atoms with Gasteiger partial charge in [0.25, 0.3) is 5.24 Å². The highest BCUT2D eigenvalue weighted by atomic mass is 35.5. The Hall–Kier alpha value is -1.08. The second-order valence-corrected chi connectivity index (χ2v) is 7.45. The molecule has 21 heavy (non-hydrogen) atoms. The van der Waals surface area contributed by atoms with Crippen LogP contribution in [0.15, 0.2) is 29.4 Å². The molecular weight excluding hydrogens is 359 g/mol. The van der Waals surface area contributed by atoms with E-state index < -0.39 is 15.1 Å². The van der Waals surface area contributed by atoms with Crippen molar-refractivity contribution in [2.45, 2.75) is 11.4 Å². The van der Waals surface area contributed by atoms with Crippen molar-refractivity contribution in [3.05, 3.63) is 45.7 Å². The Kier molecular flexibility index (Phi) is 4.63. The molecule has 0 aliphatic carbocycles. The zero-order valence-corrected chi connectivity index (χ0v) is 13.8. The van der Waals surface area contributed by atoms with Gasteiger partial charge in [-0.05, 0) is 23.7 Å². The third kappa shape index (κ3) is 3.58. The summed E-state index contributed by atoms with van der Waals surface area (Å²) < 4.78 is 25.1. The second kappa shape index (κ2) is 5.96. The smallest absolute Gasteiger partial charge is 0.253 e. The Balaban J connectivity index is 2.64. The van der Waals surface area contributed by atoms with Crippen molar-refractivity contribution >= 4 is 49.9 Å². The summed E-state index contributed by atoms with van der Waals surface area (Å²) in [5.41, 5.74) is 0.282. The molecule has 0 bridgehead atoms. The summed E-state index contributed by atoms with van der Waals surface area (Å²) in [6.07, 6.45) is 3.98. The molecule has 0 saturated heterocycles. The number of carbonyl (C=O) groups excluding carboxylic acids is 1. The van der Waals surface area contributed by atoms with E-state index in [1.165, 1.54) is 29.2 Å². The van der Waals surface area contributed by atoms with Crippen molar-refractivity contribution < 1.29 is 13.2 Å². The van der Waals surface area contributed by atoms with E-state index >= 15 is 0 Å². The number of hydrogen-bond donors (Lipinski definition) is 0. The van der Waals surface area contributed by atoms with Crippen molar-refractivity contribution in [2.75, 3.05) is 6.26 Å². The summed E-state index contributed by atoms with van der Waals surface area (Å²) in [7, 11) is -3.52. The lowest BCUT2D eigenvalue weighted by molar-refractivity contribution is 0.108.